The van der Waals surface area contributed by atoms with E-state index in [4.69, 9.17) is 19.4 Å². The zero-order valence-electron chi connectivity index (χ0n) is 4.82. The first-order chi connectivity index (χ1) is 4.11. The van der Waals surface area contributed by atoms with Crippen molar-refractivity contribution in [2.24, 2.45) is 0 Å². The number of aromatic nitrogens is 1. The predicted molar refractivity (Wildman–Crippen MR) is 38.0 cm³/mol. The van der Waals surface area contributed by atoms with Gasteiger partial charge >= 0.3 is 65.3 Å². The predicted octanol–water partition coefficient (Wildman–Crippen LogP) is 2.15. The van der Waals surface area contributed by atoms with Crippen LogP contribution in [0.1, 0.15) is 0 Å². The Morgan fingerprint density at radius 1 is 1.56 bits per heavy atom. The molecule has 1 aromatic rings. The Labute approximate surface area is 65.3 Å². The van der Waals surface area contributed by atoms with Gasteiger partial charge in [-0.3, -0.25) is 0 Å². The van der Waals surface area contributed by atoms with Crippen molar-refractivity contribution in [2.45, 2.75) is 5.52 Å². The van der Waals surface area contributed by atoms with Gasteiger partial charge in [0.05, 0.1) is 0 Å². The normalized spacial score (nSPS) is 13.7. The Kier molecular flexibility index (Phi) is 2.20. The van der Waals surface area contributed by atoms with E-state index in [1.165, 1.54) is 0 Å². The Morgan fingerprint density at radius 3 is 2.44 bits per heavy atom. The molecule has 0 unspecified atom stereocenters. The Morgan fingerprint density at radius 2 is 2.22 bits per heavy atom. The Bertz CT molecular complexity index is 177. The summed E-state index contributed by atoms with van der Waals surface area (Å²) in [6, 6.07) is 3.82. The van der Waals surface area contributed by atoms with Crippen LogP contribution in [0, 0.1) is 0 Å². The SMILES string of the molecule is [CH3][Rh]([Cl])([Cl])[c]1ccc[nH]1. The second-order valence-electron chi connectivity index (χ2n) is 1.59. The first-order valence-electron chi connectivity index (χ1n) is 2.25. The summed E-state index contributed by atoms with van der Waals surface area (Å²) in [6.45, 7) is 0. The molecule has 4 heteroatoms. The number of hydrogen-bond donors (Lipinski definition) is 1. The van der Waals surface area contributed by atoms with Crippen LogP contribution in [0.2, 0.25) is 5.52 Å². The van der Waals surface area contributed by atoms with E-state index in [9.17, 15) is 0 Å². The van der Waals surface area contributed by atoms with E-state index in [2.05, 4.69) is 4.98 Å². The molecule has 55 valence electrons. The summed E-state index contributed by atoms with van der Waals surface area (Å²) < 4.78 is 0.985. The molecule has 1 heterocycles. The molecule has 0 saturated carbocycles. The van der Waals surface area contributed by atoms with Crippen molar-refractivity contribution in [2.75, 3.05) is 0 Å². The summed E-state index contributed by atoms with van der Waals surface area (Å²) in [5, 5.41) is 0. The van der Waals surface area contributed by atoms with Crippen LogP contribution in [0.15, 0.2) is 18.3 Å². The number of hydrogen-bond acceptors (Lipinski definition) is 0. The van der Waals surface area contributed by atoms with Crippen LogP contribution < -0.4 is 4.29 Å². The molecule has 1 rings (SSSR count). The van der Waals surface area contributed by atoms with Gasteiger partial charge in [-0.05, 0) is 0 Å². The van der Waals surface area contributed by atoms with Crippen molar-refractivity contribution < 1.29 is 12.8 Å². The van der Waals surface area contributed by atoms with Crippen molar-refractivity contribution >= 4 is 23.7 Å². The maximum atomic E-state index is 5.89. The van der Waals surface area contributed by atoms with Crippen LogP contribution in [0.4, 0.5) is 0 Å². The van der Waals surface area contributed by atoms with Gasteiger partial charge in [-0.15, -0.1) is 0 Å². The number of nitrogens with one attached hydrogen (secondary N) is 1. The second-order valence-corrected chi connectivity index (χ2v) is 12.1. The summed E-state index contributed by atoms with van der Waals surface area (Å²) in [4.78, 5) is 2.98. The van der Waals surface area contributed by atoms with Gasteiger partial charge in [0.15, 0.2) is 0 Å². The quantitative estimate of drug-likeness (QED) is 0.740. The van der Waals surface area contributed by atoms with Gasteiger partial charge in [0, 0.05) is 0 Å². The van der Waals surface area contributed by atoms with Gasteiger partial charge < -0.3 is 0 Å². The fraction of sp³-hybridized carbons (Fsp3) is 0.200. The molecule has 0 fully saturated rings. The van der Waals surface area contributed by atoms with Crippen molar-refractivity contribution in [1.82, 2.24) is 4.98 Å². The monoisotopic (exact) mass is 254 g/mol. The molecule has 1 nitrogen and oxygen atoms in total. The summed E-state index contributed by atoms with van der Waals surface area (Å²) in [5.41, 5.74) is 1.88. The molecule has 0 amide bonds. The standard InChI is InChI=1S/C4H4N.CH3.2ClH.Rh/c1-2-4-5-3-1;;;;/h1-3,5H;1H3;2*1H;/q;;;;+2/p-2. The molecule has 0 bridgehead atoms. The minimum absolute atomic E-state index is 0.985. The average Bonchev–Trinajstić information content (AvgIpc) is 2.08. The van der Waals surface area contributed by atoms with Crippen LogP contribution in [-0.4, -0.2) is 4.98 Å². The summed E-state index contributed by atoms with van der Waals surface area (Å²) >= 11 is -2.29. The van der Waals surface area contributed by atoms with Crippen molar-refractivity contribution in [3.05, 3.63) is 18.3 Å². The topological polar surface area (TPSA) is 15.8 Å². The Balaban J connectivity index is 2.90. The molecule has 1 aromatic heterocycles. The number of H-pyrrole nitrogens is 1. The molecule has 0 atom stereocenters. The number of halogens is 2. The maximum absolute atomic E-state index is 5.89. The summed E-state index contributed by atoms with van der Waals surface area (Å²) in [6.07, 6.45) is 1.83. The zero-order valence-corrected chi connectivity index (χ0v) is 7.97. The fourth-order valence-corrected chi connectivity index (χ4v) is 2.60. The van der Waals surface area contributed by atoms with E-state index in [-0.39, 0.29) is 0 Å². The summed E-state index contributed by atoms with van der Waals surface area (Å²) in [5.74, 6) is 0. The van der Waals surface area contributed by atoms with Crippen LogP contribution in [0.25, 0.3) is 0 Å². The first-order valence-corrected chi connectivity index (χ1v) is 8.92. The van der Waals surface area contributed by atoms with Gasteiger partial charge in [-0.25, -0.2) is 0 Å². The van der Waals surface area contributed by atoms with Crippen LogP contribution in [0.5, 0.6) is 0 Å². The Hall–Kier alpha value is 0.483. The third-order valence-corrected chi connectivity index (χ3v) is 4.53. The molecule has 0 aliphatic heterocycles. The molecule has 0 aliphatic carbocycles. The molecule has 0 aliphatic rings. The van der Waals surface area contributed by atoms with E-state index in [0.29, 0.717) is 0 Å². The van der Waals surface area contributed by atoms with E-state index in [1.807, 2.05) is 23.8 Å². The van der Waals surface area contributed by atoms with E-state index >= 15 is 0 Å². The molecule has 0 radical (unpaired) electrons. The van der Waals surface area contributed by atoms with E-state index in [0.717, 1.165) is 4.29 Å². The van der Waals surface area contributed by atoms with Crippen LogP contribution in [0.3, 0.4) is 0 Å². The van der Waals surface area contributed by atoms with Crippen LogP contribution >= 0.6 is 19.4 Å². The van der Waals surface area contributed by atoms with E-state index in [1.54, 1.807) is 0 Å². The molecule has 0 spiro atoms. The van der Waals surface area contributed by atoms with Crippen molar-refractivity contribution in [3.8, 4) is 0 Å². The third-order valence-electron chi connectivity index (χ3n) is 0.861. The third kappa shape index (κ3) is 1.96. The molecular weight excluding hydrogens is 248 g/mol. The molecular formula is C5H7Cl2NRh. The van der Waals surface area contributed by atoms with Gasteiger partial charge in [-0.1, -0.05) is 0 Å². The summed E-state index contributed by atoms with van der Waals surface area (Å²) in [7, 11) is 11.8. The van der Waals surface area contributed by atoms with Crippen molar-refractivity contribution in [3.63, 3.8) is 0 Å². The first kappa shape index (κ1) is 7.59. The molecule has 9 heavy (non-hydrogen) atoms. The van der Waals surface area contributed by atoms with Gasteiger partial charge in [0.1, 0.15) is 0 Å². The average molecular weight is 255 g/mol. The van der Waals surface area contributed by atoms with Gasteiger partial charge in [0.2, 0.25) is 0 Å². The molecule has 0 aromatic carbocycles. The van der Waals surface area contributed by atoms with Gasteiger partial charge in [-0.2, -0.15) is 0 Å². The van der Waals surface area contributed by atoms with Crippen molar-refractivity contribution in [1.29, 1.82) is 0 Å². The zero-order chi connectivity index (χ0) is 6.91. The van der Waals surface area contributed by atoms with E-state index < -0.39 is 12.8 Å². The van der Waals surface area contributed by atoms with Gasteiger partial charge in [0.25, 0.3) is 0 Å². The fourth-order valence-electron chi connectivity index (χ4n) is 0.482. The van der Waals surface area contributed by atoms with Crippen LogP contribution in [-0.2, 0) is 12.8 Å². The number of aromatic amines is 1. The molecule has 0 saturated heterocycles. The number of rotatable bonds is 1. The second kappa shape index (κ2) is 2.61. The molecule has 1 N–H and O–H groups in total. The minimum atomic E-state index is -2.29.